The Morgan fingerprint density at radius 1 is 1.50 bits per heavy atom. The Morgan fingerprint density at radius 3 is 2.79 bits per heavy atom. The fourth-order valence-electron chi connectivity index (χ4n) is 1.05. The molecule has 0 unspecified atom stereocenters. The van der Waals surface area contributed by atoms with E-state index in [0.717, 1.165) is 0 Å². The number of nitrogens with two attached hydrogens (primary N) is 1. The number of nitrogens with zero attached hydrogens (tertiary/aromatic N) is 1. The molecule has 1 aromatic carbocycles. The average molecular weight is 232 g/mol. The Bertz CT molecular complexity index is 350. The molecular formula is C9H11Cl2N3. The molecule has 5 heteroatoms. The van der Waals surface area contributed by atoms with Crippen LogP contribution in [0.25, 0.3) is 0 Å². The summed E-state index contributed by atoms with van der Waals surface area (Å²) in [7, 11) is 0. The monoisotopic (exact) mass is 231 g/mol. The maximum Gasteiger partial charge on any atom is 0.144 e. The third-order valence-electron chi connectivity index (χ3n) is 1.64. The maximum absolute atomic E-state index is 5.97. The van der Waals surface area contributed by atoms with E-state index in [1.165, 1.54) is 0 Å². The van der Waals surface area contributed by atoms with Crippen LogP contribution in [-0.4, -0.2) is 12.4 Å². The number of amidine groups is 1. The molecule has 0 radical (unpaired) electrons. The topological polar surface area (TPSA) is 50.4 Å². The first-order valence-electron chi connectivity index (χ1n) is 4.15. The molecule has 0 aromatic heterocycles. The summed E-state index contributed by atoms with van der Waals surface area (Å²) >= 11 is 11.8. The van der Waals surface area contributed by atoms with Gasteiger partial charge in [-0.1, -0.05) is 23.2 Å². The van der Waals surface area contributed by atoms with Gasteiger partial charge < -0.3 is 5.43 Å². The zero-order valence-electron chi connectivity index (χ0n) is 7.72. The van der Waals surface area contributed by atoms with Crippen LogP contribution >= 0.6 is 23.2 Å². The molecule has 0 aliphatic rings. The highest BCUT2D eigenvalue weighted by Crippen LogP contribution is 2.20. The smallest absolute Gasteiger partial charge is 0.144 e. The standard InChI is InChI=1S/C9H11Cl2N3/c1-2-13-9(14-12)7-5-6(10)3-4-8(7)11/h3-5H,2,12H2,1H3,(H,13,14). The summed E-state index contributed by atoms with van der Waals surface area (Å²) in [4.78, 5) is 4.15. The second kappa shape index (κ2) is 5.20. The van der Waals surface area contributed by atoms with Crippen molar-refractivity contribution in [2.45, 2.75) is 6.92 Å². The minimum atomic E-state index is 0.542. The zero-order valence-corrected chi connectivity index (χ0v) is 9.23. The van der Waals surface area contributed by atoms with Crippen molar-refractivity contribution in [3.8, 4) is 0 Å². The largest absolute Gasteiger partial charge is 0.308 e. The van der Waals surface area contributed by atoms with Crippen LogP contribution in [0.4, 0.5) is 0 Å². The molecule has 0 aliphatic carbocycles. The van der Waals surface area contributed by atoms with Crippen LogP contribution in [0.3, 0.4) is 0 Å². The second-order valence-corrected chi connectivity index (χ2v) is 3.44. The van der Waals surface area contributed by atoms with Gasteiger partial charge in [-0.15, -0.1) is 0 Å². The van der Waals surface area contributed by atoms with Crippen molar-refractivity contribution in [3.05, 3.63) is 33.8 Å². The van der Waals surface area contributed by atoms with Gasteiger partial charge in [-0.05, 0) is 25.1 Å². The van der Waals surface area contributed by atoms with Crippen LogP contribution in [0.5, 0.6) is 0 Å². The van der Waals surface area contributed by atoms with Crippen LogP contribution < -0.4 is 11.3 Å². The highest BCUT2D eigenvalue weighted by atomic mass is 35.5. The molecule has 0 atom stereocenters. The first-order valence-corrected chi connectivity index (χ1v) is 4.91. The van der Waals surface area contributed by atoms with E-state index < -0.39 is 0 Å². The first kappa shape index (κ1) is 11.3. The summed E-state index contributed by atoms with van der Waals surface area (Å²) in [6.07, 6.45) is 0. The summed E-state index contributed by atoms with van der Waals surface area (Å²) in [6, 6.07) is 5.15. The number of aliphatic imine (C=N–C) groups is 1. The summed E-state index contributed by atoms with van der Waals surface area (Å²) in [5.41, 5.74) is 3.21. The van der Waals surface area contributed by atoms with E-state index in [-0.39, 0.29) is 0 Å². The maximum atomic E-state index is 5.97. The van der Waals surface area contributed by atoms with Crippen LogP contribution in [0, 0.1) is 0 Å². The van der Waals surface area contributed by atoms with Crippen molar-refractivity contribution in [3.63, 3.8) is 0 Å². The molecule has 0 heterocycles. The predicted octanol–water partition coefficient (Wildman–Crippen LogP) is 2.22. The molecule has 0 bridgehead atoms. The molecule has 3 nitrogen and oxygen atoms in total. The molecule has 1 rings (SSSR count). The lowest BCUT2D eigenvalue weighted by molar-refractivity contribution is 0.992. The fraction of sp³-hybridized carbons (Fsp3) is 0.222. The van der Waals surface area contributed by atoms with Gasteiger partial charge in [0.25, 0.3) is 0 Å². The van der Waals surface area contributed by atoms with Crippen molar-refractivity contribution >= 4 is 29.0 Å². The molecule has 0 aliphatic heterocycles. The fourth-order valence-corrected chi connectivity index (χ4v) is 1.42. The van der Waals surface area contributed by atoms with Crippen LogP contribution in [0.2, 0.25) is 10.0 Å². The number of hydrazine groups is 1. The zero-order chi connectivity index (χ0) is 10.6. The SMILES string of the molecule is CCN=C(NN)c1cc(Cl)ccc1Cl. The number of hydrogen-bond acceptors (Lipinski definition) is 2. The van der Waals surface area contributed by atoms with Crippen molar-refractivity contribution < 1.29 is 0 Å². The predicted molar refractivity (Wildman–Crippen MR) is 60.9 cm³/mol. The van der Waals surface area contributed by atoms with Gasteiger partial charge in [0.2, 0.25) is 0 Å². The summed E-state index contributed by atoms with van der Waals surface area (Å²) in [5.74, 6) is 5.87. The molecule has 0 spiro atoms. The molecule has 1 aromatic rings. The van der Waals surface area contributed by atoms with E-state index in [2.05, 4.69) is 10.4 Å². The highest BCUT2D eigenvalue weighted by Gasteiger charge is 2.06. The van der Waals surface area contributed by atoms with Gasteiger partial charge in [0, 0.05) is 17.1 Å². The quantitative estimate of drug-likeness (QED) is 0.355. The van der Waals surface area contributed by atoms with E-state index >= 15 is 0 Å². The van der Waals surface area contributed by atoms with Crippen molar-refractivity contribution in [1.29, 1.82) is 0 Å². The highest BCUT2D eigenvalue weighted by molar-refractivity contribution is 6.36. The van der Waals surface area contributed by atoms with Crippen LogP contribution in [0.1, 0.15) is 12.5 Å². The number of halogens is 2. The van der Waals surface area contributed by atoms with E-state index in [9.17, 15) is 0 Å². The molecule has 0 amide bonds. The average Bonchev–Trinajstić information content (AvgIpc) is 2.18. The summed E-state index contributed by atoms with van der Waals surface area (Å²) in [6.45, 7) is 2.54. The van der Waals surface area contributed by atoms with E-state index in [0.29, 0.717) is 28.0 Å². The van der Waals surface area contributed by atoms with E-state index in [1.54, 1.807) is 18.2 Å². The molecule has 14 heavy (non-hydrogen) atoms. The molecule has 0 saturated carbocycles. The molecule has 0 saturated heterocycles. The molecular weight excluding hydrogens is 221 g/mol. The van der Waals surface area contributed by atoms with Crippen molar-refractivity contribution in [1.82, 2.24) is 5.43 Å². The van der Waals surface area contributed by atoms with Gasteiger partial charge in [0.15, 0.2) is 0 Å². The minimum Gasteiger partial charge on any atom is -0.308 e. The lowest BCUT2D eigenvalue weighted by Crippen LogP contribution is -2.31. The molecule has 3 N–H and O–H groups in total. The van der Waals surface area contributed by atoms with Gasteiger partial charge in [0.1, 0.15) is 5.84 Å². The Kier molecular flexibility index (Phi) is 4.20. The molecule has 0 fully saturated rings. The van der Waals surface area contributed by atoms with Gasteiger partial charge >= 0.3 is 0 Å². The Hall–Kier alpha value is -0.770. The molecule has 76 valence electrons. The number of nitrogens with one attached hydrogen (secondary N) is 1. The van der Waals surface area contributed by atoms with Gasteiger partial charge in [0.05, 0.1) is 5.02 Å². The third kappa shape index (κ3) is 2.61. The minimum absolute atomic E-state index is 0.542. The third-order valence-corrected chi connectivity index (χ3v) is 2.20. The van der Waals surface area contributed by atoms with E-state index in [1.807, 2.05) is 6.92 Å². The lowest BCUT2D eigenvalue weighted by atomic mass is 10.2. The van der Waals surface area contributed by atoms with Gasteiger partial charge in [-0.2, -0.15) is 0 Å². The van der Waals surface area contributed by atoms with Crippen LogP contribution in [0.15, 0.2) is 23.2 Å². The lowest BCUT2D eigenvalue weighted by Gasteiger charge is -2.07. The Balaban J connectivity index is 3.15. The normalized spacial score (nSPS) is 11.6. The van der Waals surface area contributed by atoms with Gasteiger partial charge in [-0.25, -0.2) is 5.84 Å². The Labute approximate surface area is 92.9 Å². The number of benzene rings is 1. The second-order valence-electron chi connectivity index (χ2n) is 2.59. The first-order chi connectivity index (χ1) is 6.69. The van der Waals surface area contributed by atoms with Gasteiger partial charge in [-0.3, -0.25) is 4.99 Å². The Morgan fingerprint density at radius 2 is 2.21 bits per heavy atom. The van der Waals surface area contributed by atoms with Crippen molar-refractivity contribution in [2.24, 2.45) is 10.8 Å². The van der Waals surface area contributed by atoms with Crippen molar-refractivity contribution in [2.75, 3.05) is 6.54 Å². The van der Waals surface area contributed by atoms with Crippen LogP contribution in [-0.2, 0) is 0 Å². The summed E-state index contributed by atoms with van der Waals surface area (Å²) < 4.78 is 0. The number of hydrogen-bond donors (Lipinski definition) is 2. The summed E-state index contributed by atoms with van der Waals surface area (Å²) in [5, 5.41) is 1.17. The number of rotatable bonds is 2. The van der Waals surface area contributed by atoms with E-state index in [4.69, 9.17) is 29.0 Å².